The van der Waals surface area contributed by atoms with Gasteiger partial charge in [0.15, 0.2) is 55.5 Å². The summed E-state index contributed by atoms with van der Waals surface area (Å²) < 4.78 is 132. The van der Waals surface area contributed by atoms with Crippen LogP contribution in [0.2, 0.25) is 0 Å². The first kappa shape index (κ1) is 115. The van der Waals surface area contributed by atoms with Crippen LogP contribution in [0.4, 0.5) is 0 Å². The molecule has 0 bridgehead atoms. The maximum Gasteiger partial charge on any atom is 0.318 e. The van der Waals surface area contributed by atoms with Gasteiger partial charge in [-0.1, -0.05) is 27.7 Å². The van der Waals surface area contributed by atoms with Crippen LogP contribution in [0.5, 0.6) is 5.75 Å². The number of nitriles is 1. The maximum atomic E-state index is 14.7. The van der Waals surface area contributed by atoms with E-state index < -0.39 is 241 Å². The van der Waals surface area contributed by atoms with E-state index in [0.29, 0.717) is 5.75 Å². The second kappa shape index (κ2) is 62.5. The van der Waals surface area contributed by atoms with Crippen molar-refractivity contribution in [1.29, 1.82) is 5.26 Å². The van der Waals surface area contributed by atoms with Gasteiger partial charge in [-0.3, -0.25) is 76.7 Å². The number of carbonyl (C=O) groups is 16. The number of amides is 7. The zero-order chi connectivity index (χ0) is 98.7. The summed E-state index contributed by atoms with van der Waals surface area (Å²) >= 11 is 0. The molecule has 3 saturated heterocycles. The van der Waals surface area contributed by atoms with E-state index in [1.807, 2.05) is 27.7 Å². The molecule has 1 aromatic rings. The van der Waals surface area contributed by atoms with Gasteiger partial charge in [0.1, 0.15) is 67.5 Å². The van der Waals surface area contributed by atoms with Crippen LogP contribution < -0.4 is 46.8 Å². The first-order valence-electron chi connectivity index (χ1n) is 43.1. The number of nitrogens with one attached hydrogen (secondary N) is 8. The quantitative estimate of drug-likeness (QED) is 0.0178. The Morgan fingerprint density at radius 1 is 0.391 bits per heavy atom. The molecule has 4 rings (SSSR count). The molecular formula is C84H130N9O39P. The lowest BCUT2D eigenvalue weighted by Crippen LogP contribution is -2.66. The number of nitrogens with zero attached hydrogens (tertiary/aromatic N) is 1. The summed E-state index contributed by atoms with van der Waals surface area (Å²) in [5, 5.41) is 31.7. The second-order valence-corrected chi connectivity index (χ2v) is 32.3. The molecule has 48 nitrogen and oxygen atoms in total. The number of esters is 9. The Morgan fingerprint density at radius 2 is 0.699 bits per heavy atom. The van der Waals surface area contributed by atoms with Crippen molar-refractivity contribution in [3.05, 3.63) is 29.8 Å². The summed E-state index contributed by atoms with van der Waals surface area (Å²) in [5.74, 6) is -10.3. The second-order valence-electron chi connectivity index (χ2n) is 31.1. The van der Waals surface area contributed by atoms with E-state index in [4.69, 9.17) is 109 Å². The van der Waals surface area contributed by atoms with Crippen molar-refractivity contribution in [2.45, 2.75) is 240 Å². The molecule has 16 unspecified atom stereocenters. The molecule has 3 aliphatic heterocycles. The van der Waals surface area contributed by atoms with Crippen LogP contribution in [-0.4, -0.2) is 344 Å². The van der Waals surface area contributed by atoms with Crippen LogP contribution >= 0.6 is 8.53 Å². The Labute approximate surface area is 772 Å². The summed E-state index contributed by atoms with van der Waals surface area (Å²) in [5.41, 5.74) is -1.60. The van der Waals surface area contributed by atoms with Gasteiger partial charge >= 0.3 is 62.2 Å². The van der Waals surface area contributed by atoms with Gasteiger partial charge in [0.05, 0.1) is 118 Å². The molecular weight excluding hydrogens is 1790 g/mol. The van der Waals surface area contributed by atoms with Crippen LogP contribution in [0, 0.1) is 23.2 Å². The summed E-state index contributed by atoms with van der Waals surface area (Å²) in [6, 6.07) is 4.32. The van der Waals surface area contributed by atoms with Gasteiger partial charge in [-0.05, 0) is 36.1 Å². The number of ether oxygens (including phenoxy) is 21. The summed E-state index contributed by atoms with van der Waals surface area (Å²) in [6.07, 6.45) is -16.6. The molecule has 0 spiro atoms. The van der Waals surface area contributed by atoms with Crippen LogP contribution in [-0.2, 0) is 176 Å². The fourth-order valence-electron chi connectivity index (χ4n) is 13.4. The monoisotopic (exact) mass is 1920 g/mol. The topological polar surface area (TPSA) is 605 Å². The average molecular weight is 1920 g/mol. The fraction of sp³-hybridized carbons (Fsp3) is 0.726. The first-order chi connectivity index (χ1) is 63.1. The van der Waals surface area contributed by atoms with E-state index >= 15 is 0 Å². The number of carbonyl (C=O) groups excluding carboxylic acids is 16. The summed E-state index contributed by atoms with van der Waals surface area (Å²) in [6.45, 7) is 17.0. The molecule has 750 valence electrons. The molecule has 133 heavy (non-hydrogen) atoms. The third kappa shape index (κ3) is 46.1. The molecule has 16 atom stereocenters. The Bertz CT molecular complexity index is 3610. The van der Waals surface area contributed by atoms with Gasteiger partial charge in [-0.2, -0.15) is 5.26 Å². The zero-order valence-corrected chi connectivity index (χ0v) is 78.8. The minimum Gasteiger partial charge on any atom is -0.463 e. The molecule has 3 aliphatic rings. The zero-order valence-electron chi connectivity index (χ0n) is 77.9. The smallest absolute Gasteiger partial charge is 0.318 e. The minimum absolute atomic E-state index is 0.0352. The highest BCUT2D eigenvalue weighted by Gasteiger charge is 2.55. The van der Waals surface area contributed by atoms with Crippen LogP contribution in [0.25, 0.3) is 0 Å². The Hall–Kier alpha value is -10.1. The van der Waals surface area contributed by atoms with Crippen molar-refractivity contribution in [1.82, 2.24) is 42.3 Å². The normalized spacial score (nSPS) is 22.1. The molecule has 3 fully saturated rings. The molecule has 0 aliphatic carbocycles. The third-order valence-corrected chi connectivity index (χ3v) is 20.1. The Balaban J connectivity index is 1.54. The minimum atomic E-state index is -1.81. The van der Waals surface area contributed by atoms with Crippen molar-refractivity contribution in [3.8, 4) is 11.8 Å². The maximum absolute atomic E-state index is 14.7. The largest absolute Gasteiger partial charge is 0.463 e. The Morgan fingerprint density at radius 3 is 0.977 bits per heavy atom. The predicted molar refractivity (Wildman–Crippen MR) is 455 cm³/mol. The lowest BCUT2D eigenvalue weighted by molar-refractivity contribution is -0.279. The van der Waals surface area contributed by atoms with E-state index in [2.05, 4.69) is 48.4 Å². The standard InChI is InChI=1S/C84H130N9O39P/c1-48(2)70(49(3)4)93-133(122-29-17-25-85)132-63-20-18-62(19-21-63)80(109)92-84(45-113-30-22-67(106)86-26-33-110-36-39-116-81-71(89-50(5)94)77(126-59(14)103)74(123-56(11)100)64(129-81)42-119-53(8)97,46-114-31-23-68(107)87-27-34-111-37-40-117-82-72(90-51(6)95)78(127-60(15)104)75(124-57(12)101)65(130-82)43-120-54(9)98)47-115-32-24-69(108)88-28-35-112-38-41-118-83-73(91-52(7)96)79(128-61(16)105)76(125-58(13)102)66(131-83)44-121-55(10)99/h18-21,48-49,64-66,70-79,81-83,93H,17,22-24,26-47H2,1-16H3,(H,86,106)(H,87,107)(H,88,108)(H,89,94)(H,90,95)(H,91,96)(H,92,109). The molecule has 7 amide bonds. The summed E-state index contributed by atoms with van der Waals surface area (Å²) in [4.78, 5) is 202. The van der Waals surface area contributed by atoms with Gasteiger partial charge in [-0.25, -0.2) is 5.09 Å². The van der Waals surface area contributed by atoms with Crippen LogP contribution in [0.3, 0.4) is 0 Å². The van der Waals surface area contributed by atoms with Crippen molar-refractivity contribution in [2.24, 2.45) is 11.8 Å². The SMILES string of the molecule is CC(=O)NC1C(OCCOCCNC(=O)CCOCC(COCCC(=O)NCCOCCOC2OC(COC(C)=O)C(OC(C)=O)C(OC(C)=O)C2NC(C)=O)(COCCC(=O)NCCOCCOC2OC(COC(C)=O)C(OC(C)=O)C(OC(C)=O)C2NC(C)=O)NC(=O)c2ccc(OP(NC(C(C)C)C(C)C)OCCC#N)cc2)OC(COC(C)=O)C(OC(C)=O)C1OC(C)=O. The number of hydrogen-bond donors (Lipinski definition) is 8. The van der Waals surface area contributed by atoms with Crippen LogP contribution in [0.1, 0.15) is 147 Å². The van der Waals surface area contributed by atoms with E-state index in [0.717, 1.165) is 62.3 Å². The van der Waals surface area contributed by atoms with E-state index in [-0.39, 0.29) is 155 Å². The van der Waals surface area contributed by atoms with E-state index in [1.54, 1.807) is 0 Å². The third-order valence-electron chi connectivity index (χ3n) is 18.8. The molecule has 8 N–H and O–H groups in total. The van der Waals surface area contributed by atoms with Crippen molar-refractivity contribution in [2.75, 3.05) is 145 Å². The van der Waals surface area contributed by atoms with E-state index in [1.165, 1.54) is 45.0 Å². The molecule has 1 aromatic carbocycles. The van der Waals surface area contributed by atoms with Gasteiger partial charge in [0.2, 0.25) is 35.4 Å². The lowest BCUT2D eigenvalue weighted by atomic mass is 9.94. The van der Waals surface area contributed by atoms with Gasteiger partial charge in [0, 0.05) is 134 Å². The first-order valence-corrected chi connectivity index (χ1v) is 44.3. The molecule has 0 saturated carbocycles. The van der Waals surface area contributed by atoms with E-state index in [9.17, 15) is 82.0 Å². The highest BCUT2D eigenvalue weighted by Crippen LogP contribution is 2.39. The van der Waals surface area contributed by atoms with Gasteiger partial charge in [-0.15, -0.1) is 0 Å². The van der Waals surface area contributed by atoms with Crippen LogP contribution in [0.15, 0.2) is 24.3 Å². The predicted octanol–water partition coefficient (Wildman–Crippen LogP) is -0.402. The fourth-order valence-corrected chi connectivity index (χ4v) is 15.0. The molecule has 0 radical (unpaired) electrons. The number of benzene rings is 1. The van der Waals surface area contributed by atoms with Crippen molar-refractivity contribution >= 4 is 104 Å². The highest BCUT2D eigenvalue weighted by atomic mass is 31.2. The molecule has 3 heterocycles. The lowest BCUT2D eigenvalue weighted by Gasteiger charge is -2.44. The average Bonchev–Trinajstić information content (AvgIpc) is 0.793. The molecule has 0 aromatic heterocycles. The van der Waals surface area contributed by atoms with Gasteiger partial charge in [0.25, 0.3) is 5.91 Å². The summed E-state index contributed by atoms with van der Waals surface area (Å²) in [7, 11) is -1.81. The molecule has 49 heteroatoms. The van der Waals surface area contributed by atoms with Gasteiger partial charge < -0.3 is 146 Å². The van der Waals surface area contributed by atoms with Crippen molar-refractivity contribution in [3.63, 3.8) is 0 Å². The van der Waals surface area contributed by atoms with Crippen molar-refractivity contribution < 1.29 is 185 Å². The Kier molecular flexibility index (Phi) is 54.1. The highest BCUT2D eigenvalue weighted by molar-refractivity contribution is 7.45. The number of rotatable bonds is 62. The number of hydrogen-bond acceptors (Lipinski definition) is 41.